The number of carbonyl (C=O) groups is 3. The van der Waals surface area contributed by atoms with E-state index < -0.39 is 12.1 Å². The third-order valence-electron chi connectivity index (χ3n) is 1.78. The van der Waals surface area contributed by atoms with E-state index in [1.54, 1.807) is 0 Å². The van der Waals surface area contributed by atoms with Gasteiger partial charge in [-0.2, -0.15) is 0 Å². The zero-order valence-corrected chi connectivity index (χ0v) is 8.38. The number of carboxylic acids is 1. The van der Waals surface area contributed by atoms with Crippen LogP contribution in [-0.2, 0) is 4.79 Å². The van der Waals surface area contributed by atoms with E-state index in [0.29, 0.717) is 10.1 Å². The molecule has 1 rings (SSSR count). The highest BCUT2D eigenvalue weighted by Gasteiger charge is 2.15. The molecule has 84 valence electrons. The van der Waals surface area contributed by atoms with Crippen molar-refractivity contribution in [2.45, 2.75) is 6.92 Å². The minimum absolute atomic E-state index is 0.208. The van der Waals surface area contributed by atoms with Gasteiger partial charge < -0.3 is 10.2 Å². The summed E-state index contributed by atoms with van der Waals surface area (Å²) < 4.78 is 0.585. The number of carbonyl (C=O) groups excluding carboxylic acids is 1. The molecule has 6 nitrogen and oxygen atoms in total. The first-order valence-corrected chi connectivity index (χ1v) is 4.29. The summed E-state index contributed by atoms with van der Waals surface area (Å²) in [5, 5.41) is 17.4. The highest BCUT2D eigenvalue weighted by atomic mass is 16.4. The van der Waals surface area contributed by atoms with Gasteiger partial charge >= 0.3 is 12.1 Å². The summed E-state index contributed by atoms with van der Waals surface area (Å²) in [6, 6.07) is 1.18. The molecule has 1 aromatic rings. The smallest absolute Gasteiger partial charge is 0.416 e. The lowest BCUT2D eigenvalue weighted by molar-refractivity contribution is -0.112. The van der Waals surface area contributed by atoms with Crippen LogP contribution in [0.15, 0.2) is 18.3 Å². The lowest BCUT2D eigenvalue weighted by atomic mass is 10.2. The second-order valence-corrected chi connectivity index (χ2v) is 3.06. The Morgan fingerprint density at radius 2 is 1.94 bits per heavy atom. The molecule has 0 unspecified atom stereocenters. The Kier molecular flexibility index (Phi) is 3.24. The summed E-state index contributed by atoms with van der Waals surface area (Å²) in [6.07, 6.45) is 2.33. The standard InChI is InChI=1S/C10H9NO5/c1-6(12)2-3-7-4-8(9(13)14)11(5-7)10(15)16/h2-5H,1H3,(H,13,14)(H,15,16). The summed E-state index contributed by atoms with van der Waals surface area (Å²) in [5.74, 6) is -1.55. The summed E-state index contributed by atoms with van der Waals surface area (Å²) in [5.41, 5.74) is -0.0225. The van der Waals surface area contributed by atoms with Gasteiger partial charge in [-0.1, -0.05) is 0 Å². The first-order chi connectivity index (χ1) is 7.41. The molecule has 0 saturated carbocycles. The number of aromatic carboxylic acids is 1. The first-order valence-electron chi connectivity index (χ1n) is 4.29. The summed E-state index contributed by atoms with van der Waals surface area (Å²) in [6.45, 7) is 1.34. The predicted molar refractivity (Wildman–Crippen MR) is 54.5 cm³/mol. The molecule has 0 aromatic carbocycles. The van der Waals surface area contributed by atoms with Crippen LogP contribution in [0.3, 0.4) is 0 Å². The molecule has 0 spiro atoms. The number of hydrogen-bond acceptors (Lipinski definition) is 3. The van der Waals surface area contributed by atoms with E-state index in [4.69, 9.17) is 10.2 Å². The molecule has 0 aliphatic carbocycles. The average molecular weight is 223 g/mol. The van der Waals surface area contributed by atoms with Gasteiger partial charge in [-0.05, 0) is 30.7 Å². The maximum absolute atomic E-state index is 10.7. The number of hydrogen-bond donors (Lipinski definition) is 2. The lowest BCUT2D eigenvalue weighted by Crippen LogP contribution is -2.13. The largest absolute Gasteiger partial charge is 0.477 e. The Bertz CT molecular complexity index is 452. The summed E-state index contributed by atoms with van der Waals surface area (Å²) in [7, 11) is 0. The number of carboxylic acid groups (broad SMARTS) is 2. The van der Waals surface area contributed by atoms with Crippen LogP contribution in [0.5, 0.6) is 0 Å². The van der Waals surface area contributed by atoms with Crippen molar-refractivity contribution in [3.05, 3.63) is 29.6 Å². The van der Waals surface area contributed by atoms with Gasteiger partial charge in [0.05, 0.1) is 0 Å². The fourth-order valence-electron chi connectivity index (χ4n) is 1.11. The van der Waals surface area contributed by atoms with Crippen molar-refractivity contribution in [2.75, 3.05) is 0 Å². The molecule has 0 fully saturated rings. The van der Waals surface area contributed by atoms with Crippen molar-refractivity contribution in [3.8, 4) is 0 Å². The maximum Gasteiger partial charge on any atom is 0.416 e. The van der Waals surface area contributed by atoms with Crippen LogP contribution in [0.4, 0.5) is 4.79 Å². The molecule has 2 N–H and O–H groups in total. The molecule has 0 radical (unpaired) electrons. The Labute approximate surface area is 90.4 Å². The van der Waals surface area contributed by atoms with Gasteiger partial charge in [-0.15, -0.1) is 0 Å². The monoisotopic (exact) mass is 223 g/mol. The van der Waals surface area contributed by atoms with E-state index >= 15 is 0 Å². The topological polar surface area (TPSA) is 96.6 Å². The number of allylic oxidation sites excluding steroid dienone is 1. The SMILES string of the molecule is CC(=O)C=Cc1cc(C(=O)O)n(C(=O)O)c1. The van der Waals surface area contributed by atoms with Crippen LogP contribution in [-0.4, -0.2) is 32.6 Å². The molecule has 0 aliphatic heterocycles. The molecule has 6 heteroatoms. The van der Waals surface area contributed by atoms with Gasteiger partial charge in [0.1, 0.15) is 5.69 Å². The molecule has 1 aromatic heterocycles. The highest BCUT2D eigenvalue weighted by molar-refractivity contribution is 5.94. The zero-order chi connectivity index (χ0) is 12.3. The van der Waals surface area contributed by atoms with Crippen LogP contribution in [0.1, 0.15) is 23.0 Å². The van der Waals surface area contributed by atoms with E-state index in [2.05, 4.69) is 0 Å². The Morgan fingerprint density at radius 3 is 2.31 bits per heavy atom. The molecule has 16 heavy (non-hydrogen) atoms. The van der Waals surface area contributed by atoms with Gasteiger partial charge in [-0.25, -0.2) is 14.2 Å². The Hall–Kier alpha value is -2.37. The van der Waals surface area contributed by atoms with Crippen molar-refractivity contribution >= 4 is 23.9 Å². The van der Waals surface area contributed by atoms with Gasteiger partial charge in [0.25, 0.3) is 0 Å². The van der Waals surface area contributed by atoms with Gasteiger partial charge in [0, 0.05) is 6.20 Å². The van der Waals surface area contributed by atoms with Crippen molar-refractivity contribution in [2.24, 2.45) is 0 Å². The van der Waals surface area contributed by atoms with Crippen LogP contribution < -0.4 is 0 Å². The van der Waals surface area contributed by atoms with Gasteiger partial charge in [0.15, 0.2) is 5.78 Å². The van der Waals surface area contributed by atoms with Crippen molar-refractivity contribution < 1.29 is 24.6 Å². The Balaban J connectivity index is 3.16. The normalized spacial score (nSPS) is 10.6. The van der Waals surface area contributed by atoms with Crippen molar-refractivity contribution in [1.29, 1.82) is 0 Å². The van der Waals surface area contributed by atoms with Crippen LogP contribution >= 0.6 is 0 Å². The van der Waals surface area contributed by atoms with E-state index in [0.717, 1.165) is 6.20 Å². The second-order valence-electron chi connectivity index (χ2n) is 3.06. The first kappa shape index (κ1) is 11.7. The fraction of sp³-hybridized carbons (Fsp3) is 0.100. The lowest BCUT2D eigenvalue weighted by Gasteiger charge is -1.96. The molecule has 0 bridgehead atoms. The highest BCUT2D eigenvalue weighted by Crippen LogP contribution is 2.10. The fourth-order valence-corrected chi connectivity index (χ4v) is 1.11. The number of aromatic nitrogens is 1. The van der Waals surface area contributed by atoms with Crippen LogP contribution in [0.2, 0.25) is 0 Å². The zero-order valence-electron chi connectivity index (χ0n) is 8.38. The minimum Gasteiger partial charge on any atom is -0.477 e. The van der Waals surface area contributed by atoms with Crippen LogP contribution in [0, 0.1) is 0 Å². The number of rotatable bonds is 3. The van der Waals surface area contributed by atoms with E-state index in [-0.39, 0.29) is 11.5 Å². The summed E-state index contributed by atoms with van der Waals surface area (Å²) in [4.78, 5) is 32.0. The molecule has 0 amide bonds. The minimum atomic E-state index is -1.39. The van der Waals surface area contributed by atoms with Gasteiger partial charge in [-0.3, -0.25) is 4.79 Å². The predicted octanol–water partition coefficient (Wildman–Crippen LogP) is 1.31. The Morgan fingerprint density at radius 1 is 1.31 bits per heavy atom. The van der Waals surface area contributed by atoms with E-state index in [1.807, 2.05) is 0 Å². The van der Waals surface area contributed by atoms with E-state index in [1.165, 1.54) is 25.1 Å². The molecular formula is C10H9NO5. The molecule has 0 saturated heterocycles. The quantitative estimate of drug-likeness (QED) is 0.753. The average Bonchev–Trinajstić information content (AvgIpc) is 2.58. The molecular weight excluding hydrogens is 214 g/mol. The van der Waals surface area contributed by atoms with Gasteiger partial charge in [0.2, 0.25) is 0 Å². The second kappa shape index (κ2) is 4.43. The molecule has 0 aliphatic rings. The third kappa shape index (κ3) is 2.57. The van der Waals surface area contributed by atoms with E-state index in [9.17, 15) is 14.4 Å². The van der Waals surface area contributed by atoms with Crippen LogP contribution in [0.25, 0.3) is 6.08 Å². The number of nitrogens with zero attached hydrogens (tertiary/aromatic N) is 1. The molecule has 0 atom stereocenters. The maximum atomic E-state index is 10.7. The van der Waals surface area contributed by atoms with Crippen molar-refractivity contribution in [3.63, 3.8) is 0 Å². The third-order valence-corrected chi connectivity index (χ3v) is 1.78. The number of ketones is 1. The molecule has 1 heterocycles. The summed E-state index contributed by atoms with van der Waals surface area (Å²) >= 11 is 0. The van der Waals surface area contributed by atoms with Crippen molar-refractivity contribution in [1.82, 2.24) is 4.57 Å².